The Labute approximate surface area is 162 Å². The van der Waals surface area contributed by atoms with Crippen molar-refractivity contribution in [3.63, 3.8) is 0 Å². The second-order valence-corrected chi connectivity index (χ2v) is 6.74. The molecule has 28 heavy (non-hydrogen) atoms. The Bertz CT molecular complexity index is 1010. The highest BCUT2D eigenvalue weighted by atomic mass is 16.5. The Morgan fingerprint density at radius 1 is 0.857 bits per heavy atom. The number of carbonyl (C=O) groups excluding carboxylic acids is 1. The van der Waals surface area contributed by atoms with Crippen LogP contribution >= 0.6 is 0 Å². The first-order valence-electron chi connectivity index (χ1n) is 9.41. The number of benzene rings is 1. The van der Waals surface area contributed by atoms with Crippen molar-refractivity contribution < 1.29 is 9.53 Å². The molecule has 1 aromatic carbocycles. The number of fused-ring (bicyclic) bond motifs is 1. The number of amides is 2. The molecule has 2 saturated heterocycles. The van der Waals surface area contributed by atoms with Gasteiger partial charge in [-0.25, -0.2) is 9.78 Å². The van der Waals surface area contributed by atoms with Crippen molar-refractivity contribution in [3.8, 4) is 0 Å². The van der Waals surface area contributed by atoms with Crippen molar-refractivity contribution in [2.24, 2.45) is 0 Å². The predicted octanol–water partition coefficient (Wildman–Crippen LogP) is 2.31. The second-order valence-electron chi connectivity index (χ2n) is 6.74. The molecule has 0 saturated carbocycles. The Balaban J connectivity index is 1.53. The first kappa shape index (κ1) is 16.9. The monoisotopic (exact) mass is 376 g/mol. The Hall–Kier alpha value is -3.26. The van der Waals surface area contributed by atoms with Gasteiger partial charge in [0, 0.05) is 38.1 Å². The molecule has 4 heterocycles. The van der Waals surface area contributed by atoms with Crippen LogP contribution < -0.4 is 14.7 Å². The van der Waals surface area contributed by atoms with Crippen molar-refractivity contribution in [2.45, 2.75) is 0 Å². The lowest BCUT2D eigenvalue weighted by Gasteiger charge is -2.29. The van der Waals surface area contributed by atoms with Crippen molar-refractivity contribution in [3.05, 3.63) is 48.7 Å². The number of hydrogen-bond acceptors (Lipinski definition) is 6. The third-order valence-corrected chi connectivity index (χ3v) is 5.05. The summed E-state index contributed by atoms with van der Waals surface area (Å²) in [5.74, 6) is 1.18. The van der Waals surface area contributed by atoms with E-state index in [0.717, 1.165) is 35.6 Å². The molecule has 0 unspecified atom stereocenters. The average molecular weight is 376 g/mol. The van der Waals surface area contributed by atoms with E-state index < -0.39 is 0 Å². The maximum atomic E-state index is 13.1. The summed E-state index contributed by atoms with van der Waals surface area (Å²) in [6.07, 6.45) is 1.74. The number of nitrogens with zero attached hydrogens (tertiary/aromatic N) is 6. The third-order valence-electron chi connectivity index (χ3n) is 5.05. The van der Waals surface area contributed by atoms with E-state index in [1.54, 1.807) is 16.0 Å². The number of aromatic nitrogens is 3. The molecule has 0 atom stereocenters. The zero-order valence-corrected chi connectivity index (χ0v) is 15.4. The van der Waals surface area contributed by atoms with E-state index in [1.165, 1.54) is 0 Å². The van der Waals surface area contributed by atoms with Crippen molar-refractivity contribution in [1.29, 1.82) is 0 Å². The van der Waals surface area contributed by atoms with E-state index in [2.05, 4.69) is 14.9 Å². The van der Waals surface area contributed by atoms with E-state index in [4.69, 9.17) is 9.72 Å². The highest BCUT2D eigenvalue weighted by Crippen LogP contribution is 2.28. The maximum absolute atomic E-state index is 13.1. The minimum absolute atomic E-state index is 0.109. The fourth-order valence-electron chi connectivity index (χ4n) is 3.63. The zero-order valence-electron chi connectivity index (χ0n) is 15.4. The van der Waals surface area contributed by atoms with Crippen molar-refractivity contribution in [1.82, 2.24) is 15.0 Å². The maximum Gasteiger partial charge on any atom is 0.331 e. The van der Waals surface area contributed by atoms with Crippen molar-refractivity contribution in [2.75, 3.05) is 54.1 Å². The van der Waals surface area contributed by atoms with E-state index in [1.807, 2.05) is 42.5 Å². The highest BCUT2D eigenvalue weighted by molar-refractivity contribution is 6.05. The smallest absolute Gasteiger partial charge is 0.331 e. The predicted molar refractivity (Wildman–Crippen MR) is 107 cm³/mol. The number of urea groups is 1. The van der Waals surface area contributed by atoms with E-state index in [0.29, 0.717) is 32.3 Å². The number of morpholine rings is 1. The molecule has 0 radical (unpaired) electrons. The van der Waals surface area contributed by atoms with Gasteiger partial charge in [0.25, 0.3) is 0 Å². The molecule has 2 aromatic heterocycles. The number of carbonyl (C=O) groups is 1. The van der Waals surface area contributed by atoms with Crippen LogP contribution in [0.25, 0.3) is 11.0 Å². The summed E-state index contributed by atoms with van der Waals surface area (Å²) in [4.78, 5) is 32.5. The van der Waals surface area contributed by atoms with Gasteiger partial charge in [0.1, 0.15) is 5.52 Å². The number of pyridine rings is 1. The van der Waals surface area contributed by atoms with Crippen LogP contribution in [0.1, 0.15) is 0 Å². The topological polar surface area (TPSA) is 74.7 Å². The lowest BCUT2D eigenvalue weighted by molar-refractivity contribution is 0.122. The zero-order chi connectivity index (χ0) is 18.9. The van der Waals surface area contributed by atoms with E-state index >= 15 is 0 Å². The molecule has 142 valence electrons. The first-order chi connectivity index (χ1) is 13.8. The standard InChI is InChI=1S/C20H20N6O2/c27-20-25(15-5-2-1-3-6-15)9-10-26(20)19-22-16-7-4-8-21-17(16)18(23-19)24-11-13-28-14-12-24/h1-8H,9-14H2. The number of ether oxygens (including phenoxy) is 1. The summed E-state index contributed by atoms with van der Waals surface area (Å²) in [6, 6.07) is 13.3. The molecule has 2 aliphatic heterocycles. The molecule has 0 spiro atoms. The SMILES string of the molecule is O=C1N(c2ccccc2)CCN1c1nc(N2CCOCC2)c2ncccc2n1. The van der Waals surface area contributed by atoms with Crippen LogP contribution in [0, 0.1) is 0 Å². The minimum atomic E-state index is -0.109. The number of anilines is 3. The number of para-hydroxylation sites is 1. The Kier molecular flexibility index (Phi) is 4.25. The van der Waals surface area contributed by atoms with Gasteiger partial charge in [0.05, 0.1) is 18.7 Å². The summed E-state index contributed by atoms with van der Waals surface area (Å²) < 4.78 is 5.47. The lowest BCUT2D eigenvalue weighted by atomic mass is 10.3. The molecule has 0 N–H and O–H groups in total. The van der Waals surface area contributed by atoms with Crippen LogP contribution in [-0.2, 0) is 4.74 Å². The molecule has 2 aliphatic rings. The van der Waals surface area contributed by atoms with Gasteiger partial charge in [0.2, 0.25) is 5.95 Å². The van der Waals surface area contributed by atoms with Gasteiger partial charge in [0.15, 0.2) is 5.82 Å². The number of rotatable bonds is 3. The average Bonchev–Trinajstić information content (AvgIpc) is 3.15. The Morgan fingerprint density at radius 3 is 2.46 bits per heavy atom. The second kappa shape index (κ2) is 7.05. The van der Waals surface area contributed by atoms with Crippen LogP contribution in [0.5, 0.6) is 0 Å². The highest BCUT2D eigenvalue weighted by Gasteiger charge is 2.33. The molecule has 3 aromatic rings. The van der Waals surface area contributed by atoms with Crippen LogP contribution in [0.15, 0.2) is 48.7 Å². The van der Waals surface area contributed by atoms with Gasteiger partial charge >= 0.3 is 6.03 Å². The Morgan fingerprint density at radius 2 is 1.64 bits per heavy atom. The lowest BCUT2D eigenvalue weighted by Crippen LogP contribution is -2.38. The summed E-state index contributed by atoms with van der Waals surface area (Å²) >= 11 is 0. The van der Waals surface area contributed by atoms with Gasteiger partial charge in [-0.15, -0.1) is 0 Å². The van der Waals surface area contributed by atoms with Crippen LogP contribution in [0.4, 0.5) is 22.2 Å². The molecular formula is C20H20N6O2. The molecule has 0 bridgehead atoms. The van der Waals surface area contributed by atoms with Gasteiger partial charge in [-0.2, -0.15) is 4.98 Å². The van der Waals surface area contributed by atoms with Crippen LogP contribution in [-0.4, -0.2) is 60.4 Å². The van der Waals surface area contributed by atoms with Crippen LogP contribution in [0.3, 0.4) is 0 Å². The van der Waals surface area contributed by atoms with Crippen molar-refractivity contribution >= 4 is 34.5 Å². The molecule has 8 nitrogen and oxygen atoms in total. The normalized spacial score (nSPS) is 17.6. The summed E-state index contributed by atoms with van der Waals surface area (Å²) in [5.41, 5.74) is 2.37. The number of hydrogen-bond donors (Lipinski definition) is 0. The van der Waals surface area contributed by atoms with Gasteiger partial charge in [-0.3, -0.25) is 14.8 Å². The summed E-state index contributed by atoms with van der Waals surface area (Å²) in [5, 5.41) is 0. The molecule has 8 heteroatoms. The van der Waals surface area contributed by atoms with Gasteiger partial charge < -0.3 is 9.64 Å². The minimum Gasteiger partial charge on any atom is -0.378 e. The van der Waals surface area contributed by atoms with E-state index in [-0.39, 0.29) is 6.03 Å². The molecule has 5 rings (SSSR count). The third kappa shape index (κ3) is 2.91. The molecule has 0 aliphatic carbocycles. The summed E-state index contributed by atoms with van der Waals surface area (Å²) in [7, 11) is 0. The van der Waals surface area contributed by atoms with E-state index in [9.17, 15) is 4.79 Å². The van der Waals surface area contributed by atoms with Gasteiger partial charge in [-0.1, -0.05) is 18.2 Å². The van der Waals surface area contributed by atoms with Gasteiger partial charge in [-0.05, 0) is 24.3 Å². The fourth-order valence-corrected chi connectivity index (χ4v) is 3.63. The fraction of sp³-hybridized carbons (Fsp3) is 0.300. The molecule has 2 amide bonds. The quantitative estimate of drug-likeness (QED) is 0.698. The largest absolute Gasteiger partial charge is 0.378 e. The summed E-state index contributed by atoms with van der Waals surface area (Å²) in [6.45, 7) is 3.93. The molecule has 2 fully saturated rings. The van der Waals surface area contributed by atoms with Crippen LogP contribution in [0.2, 0.25) is 0 Å². The first-order valence-corrected chi connectivity index (χ1v) is 9.41. The molecular weight excluding hydrogens is 356 g/mol.